The first-order chi connectivity index (χ1) is 10.3. The average Bonchev–Trinajstić information content (AvgIpc) is 2.94. The van der Waals surface area contributed by atoms with Crippen molar-refractivity contribution < 1.29 is 14.3 Å². The number of fused-ring (bicyclic) bond motifs is 1. The number of hydrogen-bond acceptors (Lipinski definition) is 5. The smallest absolute Gasteiger partial charge is 0.407 e. The van der Waals surface area contributed by atoms with Crippen LogP contribution in [0.4, 0.5) is 4.79 Å². The fraction of sp³-hybridized carbons (Fsp3) is 0.500. The molecular formula is C14H20N4O3S. The lowest BCUT2D eigenvalue weighted by Gasteiger charge is -2.19. The molecule has 2 aromatic rings. The number of thiazole rings is 1. The van der Waals surface area contributed by atoms with Gasteiger partial charge in [-0.1, -0.05) is 0 Å². The minimum atomic E-state index is -0.541. The molecule has 0 aromatic carbocycles. The zero-order valence-corrected chi connectivity index (χ0v) is 13.7. The van der Waals surface area contributed by atoms with Crippen molar-refractivity contribution in [1.82, 2.24) is 20.0 Å². The number of carbonyl (C=O) groups excluding carboxylic acids is 2. The van der Waals surface area contributed by atoms with Crippen molar-refractivity contribution in [2.45, 2.75) is 39.3 Å². The van der Waals surface area contributed by atoms with Gasteiger partial charge >= 0.3 is 6.09 Å². The maximum Gasteiger partial charge on any atom is 0.407 e. The molecule has 0 saturated carbocycles. The maximum absolute atomic E-state index is 11.7. The second-order valence-electron chi connectivity index (χ2n) is 5.78. The summed E-state index contributed by atoms with van der Waals surface area (Å²) in [6, 6.07) is 0. The van der Waals surface area contributed by atoms with E-state index in [1.165, 1.54) is 0 Å². The number of alkyl carbamates (subject to hydrolysis) is 1. The number of nitrogens with zero attached hydrogens (tertiary/aromatic N) is 2. The van der Waals surface area contributed by atoms with Crippen LogP contribution in [0, 0.1) is 0 Å². The highest BCUT2D eigenvalue weighted by Crippen LogP contribution is 2.11. The molecule has 2 aromatic heterocycles. The molecule has 120 valence electrons. The van der Waals surface area contributed by atoms with E-state index in [1.807, 2.05) is 22.2 Å². The maximum atomic E-state index is 11.7. The third-order valence-corrected chi connectivity index (χ3v) is 3.40. The molecule has 7 nitrogen and oxygen atoms in total. The summed E-state index contributed by atoms with van der Waals surface area (Å²) < 4.78 is 6.99. The Morgan fingerprint density at radius 2 is 2.14 bits per heavy atom. The molecular weight excluding hydrogens is 304 g/mol. The van der Waals surface area contributed by atoms with Gasteiger partial charge in [-0.15, -0.1) is 11.3 Å². The van der Waals surface area contributed by atoms with Gasteiger partial charge in [-0.25, -0.2) is 9.78 Å². The normalized spacial score (nSPS) is 11.4. The number of hydrogen-bond donors (Lipinski definition) is 2. The first-order valence-electron chi connectivity index (χ1n) is 6.98. The molecule has 2 amide bonds. The van der Waals surface area contributed by atoms with Crippen molar-refractivity contribution in [3.8, 4) is 0 Å². The molecule has 0 radical (unpaired) electrons. The number of rotatable bonds is 5. The average molecular weight is 324 g/mol. The Kier molecular flexibility index (Phi) is 5.02. The van der Waals surface area contributed by atoms with E-state index in [0.29, 0.717) is 6.54 Å². The van der Waals surface area contributed by atoms with Crippen LogP contribution in [0.1, 0.15) is 32.9 Å². The quantitative estimate of drug-likeness (QED) is 0.880. The monoisotopic (exact) mass is 324 g/mol. The van der Waals surface area contributed by atoms with E-state index in [4.69, 9.17) is 4.74 Å². The highest BCUT2D eigenvalue weighted by atomic mass is 32.1. The molecule has 22 heavy (non-hydrogen) atoms. The van der Waals surface area contributed by atoms with Gasteiger partial charge in [0, 0.05) is 30.7 Å². The van der Waals surface area contributed by atoms with E-state index in [1.54, 1.807) is 32.1 Å². The van der Waals surface area contributed by atoms with Crippen LogP contribution in [0.15, 0.2) is 17.8 Å². The summed E-state index contributed by atoms with van der Waals surface area (Å²) in [5.41, 5.74) is 0.264. The van der Waals surface area contributed by atoms with E-state index in [2.05, 4.69) is 15.6 Å². The summed E-state index contributed by atoms with van der Waals surface area (Å²) in [6.07, 6.45) is 3.48. The fourth-order valence-corrected chi connectivity index (χ4v) is 2.45. The first kappa shape index (κ1) is 16.3. The number of ether oxygens (including phenoxy) is 1. The molecule has 0 aliphatic rings. The minimum Gasteiger partial charge on any atom is -0.444 e. The number of amides is 2. The molecule has 2 heterocycles. The van der Waals surface area contributed by atoms with Gasteiger partial charge in [-0.2, -0.15) is 0 Å². The summed E-state index contributed by atoms with van der Waals surface area (Å²) in [4.78, 5) is 28.4. The molecule has 0 saturated heterocycles. The van der Waals surface area contributed by atoms with Crippen LogP contribution in [-0.4, -0.2) is 33.5 Å². The van der Waals surface area contributed by atoms with E-state index in [-0.39, 0.29) is 18.9 Å². The summed E-state index contributed by atoms with van der Waals surface area (Å²) in [7, 11) is 0. The van der Waals surface area contributed by atoms with Gasteiger partial charge in [-0.3, -0.25) is 9.20 Å². The van der Waals surface area contributed by atoms with Crippen molar-refractivity contribution >= 4 is 28.3 Å². The van der Waals surface area contributed by atoms with Gasteiger partial charge in [0.2, 0.25) is 5.91 Å². The third kappa shape index (κ3) is 5.03. The SMILES string of the molecule is CC(C)(C)OC(=O)NCCC(=O)NCc1cn2ccsc2n1. The standard InChI is InChI=1S/C14H20N4O3S/c1-14(2,3)21-13(20)15-5-4-11(19)16-8-10-9-18-6-7-22-12(18)17-10/h6-7,9H,4-5,8H2,1-3H3,(H,15,20)(H,16,19). The molecule has 0 aliphatic carbocycles. The van der Waals surface area contributed by atoms with Crippen molar-refractivity contribution in [1.29, 1.82) is 0 Å². The molecule has 0 fully saturated rings. The largest absolute Gasteiger partial charge is 0.444 e. The van der Waals surface area contributed by atoms with Crippen molar-refractivity contribution in [2.75, 3.05) is 6.54 Å². The van der Waals surface area contributed by atoms with Crippen LogP contribution in [0.5, 0.6) is 0 Å². The van der Waals surface area contributed by atoms with Gasteiger partial charge in [0.1, 0.15) is 5.60 Å². The predicted octanol–water partition coefficient (Wildman–Crippen LogP) is 1.93. The summed E-state index contributed by atoms with van der Waals surface area (Å²) in [5.74, 6) is -0.146. The van der Waals surface area contributed by atoms with Crippen LogP contribution < -0.4 is 10.6 Å². The Labute approximate surface area is 132 Å². The number of imidazole rings is 1. The van der Waals surface area contributed by atoms with Gasteiger partial charge in [0.05, 0.1) is 12.2 Å². The lowest BCUT2D eigenvalue weighted by molar-refractivity contribution is -0.121. The lowest BCUT2D eigenvalue weighted by atomic mass is 10.2. The van der Waals surface area contributed by atoms with E-state index < -0.39 is 11.7 Å². The molecule has 8 heteroatoms. The summed E-state index contributed by atoms with van der Waals surface area (Å²) in [6.45, 7) is 5.97. The van der Waals surface area contributed by atoms with E-state index >= 15 is 0 Å². The van der Waals surface area contributed by atoms with Gasteiger partial charge in [0.15, 0.2) is 4.96 Å². The van der Waals surface area contributed by atoms with Crippen molar-refractivity contribution in [3.63, 3.8) is 0 Å². The molecule has 2 rings (SSSR count). The Bertz CT molecular complexity index is 628. The molecule has 0 bridgehead atoms. The van der Waals surface area contributed by atoms with Crippen LogP contribution in [0.25, 0.3) is 4.96 Å². The van der Waals surface area contributed by atoms with Gasteiger partial charge < -0.3 is 15.4 Å². The zero-order chi connectivity index (χ0) is 16.2. The molecule has 0 atom stereocenters. The second-order valence-corrected chi connectivity index (χ2v) is 6.65. The number of aromatic nitrogens is 2. The fourth-order valence-electron chi connectivity index (χ4n) is 1.73. The topological polar surface area (TPSA) is 84.7 Å². The van der Waals surface area contributed by atoms with Crippen LogP contribution in [-0.2, 0) is 16.1 Å². The molecule has 0 spiro atoms. The minimum absolute atomic E-state index is 0.146. The highest BCUT2D eigenvalue weighted by molar-refractivity contribution is 7.15. The van der Waals surface area contributed by atoms with Crippen LogP contribution in [0.2, 0.25) is 0 Å². The Balaban J connectivity index is 1.66. The Morgan fingerprint density at radius 3 is 2.82 bits per heavy atom. The van der Waals surface area contributed by atoms with Crippen molar-refractivity contribution in [2.24, 2.45) is 0 Å². The number of carbonyl (C=O) groups is 2. The summed E-state index contributed by atoms with van der Waals surface area (Å²) >= 11 is 1.54. The van der Waals surface area contributed by atoms with E-state index in [0.717, 1.165) is 10.7 Å². The summed E-state index contributed by atoms with van der Waals surface area (Å²) in [5, 5.41) is 7.27. The lowest BCUT2D eigenvalue weighted by Crippen LogP contribution is -2.35. The van der Waals surface area contributed by atoms with E-state index in [9.17, 15) is 9.59 Å². The number of nitrogens with one attached hydrogen (secondary N) is 2. The van der Waals surface area contributed by atoms with Crippen LogP contribution >= 0.6 is 11.3 Å². The predicted molar refractivity (Wildman–Crippen MR) is 83.8 cm³/mol. The molecule has 0 aliphatic heterocycles. The Hall–Kier alpha value is -2.09. The van der Waals surface area contributed by atoms with Gasteiger partial charge in [0.25, 0.3) is 0 Å². The van der Waals surface area contributed by atoms with Crippen molar-refractivity contribution in [3.05, 3.63) is 23.5 Å². The highest BCUT2D eigenvalue weighted by Gasteiger charge is 2.15. The second kappa shape index (κ2) is 6.78. The molecule has 0 unspecified atom stereocenters. The Morgan fingerprint density at radius 1 is 1.36 bits per heavy atom. The first-order valence-corrected chi connectivity index (χ1v) is 7.86. The van der Waals surface area contributed by atoms with Gasteiger partial charge in [-0.05, 0) is 20.8 Å². The molecule has 2 N–H and O–H groups in total. The third-order valence-electron chi connectivity index (χ3n) is 2.63. The zero-order valence-electron chi connectivity index (χ0n) is 12.9. The van der Waals surface area contributed by atoms with Crippen LogP contribution in [0.3, 0.4) is 0 Å².